The molecule has 0 spiro atoms. The maximum absolute atomic E-state index is 9.48. The number of rotatable bonds is 3. The smallest absolute Gasteiger partial charge is 0.238 e. The molecule has 0 saturated carbocycles. The fraction of sp³-hybridized carbons (Fsp3) is 0.261. The zero-order chi connectivity index (χ0) is 23.2. The summed E-state index contributed by atoms with van der Waals surface area (Å²) in [4.78, 5) is 4.29. The molecule has 0 amide bonds. The second-order valence-electron chi connectivity index (χ2n) is 8.13. The number of allylic oxidation sites excluding steroid dienone is 7. The zero-order valence-electron chi connectivity index (χ0n) is 17.7. The van der Waals surface area contributed by atoms with Crippen LogP contribution >= 0.6 is 23.2 Å². The summed E-state index contributed by atoms with van der Waals surface area (Å²) < 4.78 is 6.62. The minimum absolute atomic E-state index is 0.0142. The third kappa shape index (κ3) is 6.96. The summed E-state index contributed by atoms with van der Waals surface area (Å²) in [5.41, 5.74) is 2.72. The number of fused-ring (bicyclic) bond motifs is 1. The lowest BCUT2D eigenvalue weighted by Gasteiger charge is -2.14. The lowest BCUT2D eigenvalue weighted by atomic mass is 10.1. The lowest BCUT2D eigenvalue weighted by molar-refractivity contribution is -0.849. The number of quaternary nitrogens is 1. The quantitative estimate of drug-likeness (QED) is 0.342. The average Bonchev–Trinajstić information content (AvgIpc) is 3.26. The molecule has 158 valence electrons. The highest BCUT2D eigenvalue weighted by Gasteiger charge is 2.19. The standard InChI is InChI=1S/C19H9Cl2N4O.C4H12N/c20-15-3-4-17-16(7-15)25-19(26-17)14(10-24)6-13-2-1-12(18(13)21)5-11(8-22)9-23;1-5(2,3)4/h3-7H,1-2H2;1-4H3/q-1;+1. The highest BCUT2D eigenvalue weighted by molar-refractivity contribution is 6.33. The molecule has 6 nitrogen and oxygen atoms in total. The van der Waals surface area contributed by atoms with Crippen molar-refractivity contribution in [3.8, 4) is 12.1 Å². The molecule has 1 aliphatic carbocycles. The summed E-state index contributed by atoms with van der Waals surface area (Å²) in [7, 11) is 8.50. The van der Waals surface area contributed by atoms with Crippen molar-refractivity contribution in [3.05, 3.63) is 68.4 Å². The van der Waals surface area contributed by atoms with Gasteiger partial charge in [0.1, 0.15) is 23.2 Å². The number of oxazole rings is 1. The third-order valence-corrected chi connectivity index (χ3v) is 4.53. The summed E-state index contributed by atoms with van der Waals surface area (Å²) in [5, 5.41) is 28.2. The number of nitrogens with zero attached hydrogens (tertiary/aromatic N) is 5. The van der Waals surface area contributed by atoms with Gasteiger partial charge in [0.15, 0.2) is 5.58 Å². The van der Waals surface area contributed by atoms with Crippen molar-refractivity contribution in [2.75, 3.05) is 28.2 Å². The van der Waals surface area contributed by atoms with Crippen molar-refractivity contribution in [2.45, 2.75) is 12.8 Å². The van der Waals surface area contributed by atoms with Gasteiger partial charge in [0.25, 0.3) is 0 Å². The monoisotopic (exact) mass is 453 g/mol. The van der Waals surface area contributed by atoms with Crippen molar-refractivity contribution < 1.29 is 8.90 Å². The molecule has 0 atom stereocenters. The number of benzene rings is 1. The Bertz CT molecular complexity index is 1220. The topological polar surface area (TPSA) is 95.9 Å². The van der Waals surface area contributed by atoms with Crippen LogP contribution in [0, 0.1) is 22.7 Å². The summed E-state index contributed by atoms with van der Waals surface area (Å²) >= 11 is 12.3. The molecule has 3 rings (SSSR count). The Labute approximate surface area is 191 Å². The van der Waals surface area contributed by atoms with Gasteiger partial charge in [0.05, 0.1) is 33.8 Å². The van der Waals surface area contributed by atoms with Crippen LogP contribution < -0.4 is 0 Å². The molecule has 0 bridgehead atoms. The van der Waals surface area contributed by atoms with Crippen molar-refractivity contribution in [3.63, 3.8) is 0 Å². The van der Waals surface area contributed by atoms with Gasteiger partial charge in [-0.1, -0.05) is 23.2 Å². The van der Waals surface area contributed by atoms with Gasteiger partial charge in [0.2, 0.25) is 5.89 Å². The minimum Gasteiger partial charge on any atom is -0.762 e. The predicted octanol–water partition coefficient (Wildman–Crippen LogP) is 5.61. The molecule has 1 heterocycles. The SMILES string of the molecule is C[N+](C)(C)C.N#CC(=C=[N-])C=C1CCC(C=C(C#N)c2nc3cc(Cl)ccc3o2)=C1Cl. The molecule has 0 aliphatic heterocycles. The Kier molecular flexibility index (Phi) is 8.00. The summed E-state index contributed by atoms with van der Waals surface area (Å²) in [6, 6.07) is 8.90. The molecular formula is C23H21Cl2N5O. The van der Waals surface area contributed by atoms with Gasteiger partial charge in [-0.25, -0.2) is 4.98 Å². The maximum Gasteiger partial charge on any atom is 0.238 e. The van der Waals surface area contributed by atoms with Gasteiger partial charge >= 0.3 is 0 Å². The largest absolute Gasteiger partial charge is 0.762 e. The molecule has 31 heavy (non-hydrogen) atoms. The van der Waals surface area contributed by atoms with Gasteiger partial charge in [0, 0.05) is 10.1 Å². The lowest BCUT2D eigenvalue weighted by Crippen LogP contribution is -2.27. The Hall–Kier alpha value is -3.12. The zero-order valence-corrected chi connectivity index (χ0v) is 19.2. The van der Waals surface area contributed by atoms with Crippen LogP contribution in [-0.4, -0.2) is 43.5 Å². The van der Waals surface area contributed by atoms with E-state index >= 15 is 0 Å². The molecule has 2 aromatic rings. The summed E-state index contributed by atoms with van der Waals surface area (Å²) in [6.07, 6.45) is 4.26. The number of hydrogen-bond acceptors (Lipinski definition) is 4. The highest BCUT2D eigenvalue weighted by atomic mass is 35.5. The Morgan fingerprint density at radius 2 is 1.84 bits per heavy atom. The molecule has 0 unspecified atom stereocenters. The number of aromatic nitrogens is 1. The first-order valence-electron chi connectivity index (χ1n) is 9.29. The number of halogens is 2. The van der Waals surface area contributed by atoms with E-state index in [4.69, 9.17) is 38.3 Å². The maximum atomic E-state index is 9.48. The molecule has 0 fully saturated rings. The van der Waals surface area contributed by atoms with Crippen LogP contribution in [0.5, 0.6) is 0 Å². The number of hydrogen-bond donors (Lipinski definition) is 0. The van der Waals surface area contributed by atoms with E-state index < -0.39 is 0 Å². The summed E-state index contributed by atoms with van der Waals surface area (Å²) in [5.74, 6) is 1.99. The predicted molar refractivity (Wildman–Crippen MR) is 124 cm³/mol. The first kappa shape index (κ1) is 24.2. The van der Waals surface area contributed by atoms with E-state index in [0.717, 1.165) is 10.1 Å². The van der Waals surface area contributed by atoms with E-state index in [1.165, 1.54) is 6.08 Å². The molecular weight excluding hydrogens is 433 g/mol. The molecule has 0 saturated heterocycles. The van der Waals surface area contributed by atoms with Crippen LogP contribution in [-0.2, 0) is 0 Å². The fourth-order valence-corrected chi connectivity index (χ4v) is 3.03. The van der Waals surface area contributed by atoms with E-state index in [-0.39, 0.29) is 17.0 Å². The fourth-order valence-electron chi connectivity index (χ4n) is 2.56. The van der Waals surface area contributed by atoms with E-state index in [2.05, 4.69) is 39.2 Å². The van der Waals surface area contributed by atoms with E-state index in [1.54, 1.807) is 36.2 Å². The van der Waals surface area contributed by atoms with Crippen LogP contribution in [0.15, 0.2) is 56.5 Å². The van der Waals surface area contributed by atoms with E-state index in [1.807, 2.05) is 0 Å². The van der Waals surface area contributed by atoms with Gasteiger partial charge in [-0.2, -0.15) is 10.5 Å². The third-order valence-electron chi connectivity index (χ3n) is 3.81. The summed E-state index contributed by atoms with van der Waals surface area (Å²) in [6.45, 7) is 0. The van der Waals surface area contributed by atoms with Crippen molar-refractivity contribution >= 4 is 45.7 Å². The van der Waals surface area contributed by atoms with E-state index in [0.29, 0.717) is 39.6 Å². The first-order chi connectivity index (χ1) is 14.5. The number of nitriles is 2. The van der Waals surface area contributed by atoms with Crippen molar-refractivity contribution in [1.29, 1.82) is 10.5 Å². The van der Waals surface area contributed by atoms with Gasteiger partial charge in [-0.15, -0.1) is 0 Å². The van der Waals surface area contributed by atoms with Crippen LogP contribution in [0.1, 0.15) is 18.7 Å². The highest BCUT2D eigenvalue weighted by Crippen LogP contribution is 2.37. The molecule has 1 aliphatic rings. The van der Waals surface area contributed by atoms with Crippen LogP contribution in [0.25, 0.3) is 22.1 Å². The second-order valence-corrected chi connectivity index (χ2v) is 8.94. The van der Waals surface area contributed by atoms with Gasteiger partial charge in [-0.05, 0) is 54.3 Å². The Morgan fingerprint density at radius 3 is 2.42 bits per heavy atom. The minimum atomic E-state index is -0.0142. The van der Waals surface area contributed by atoms with Crippen LogP contribution in [0.4, 0.5) is 0 Å². The Balaban J connectivity index is 0.000000614. The van der Waals surface area contributed by atoms with Gasteiger partial charge in [-0.3, -0.25) is 5.87 Å². The molecule has 0 radical (unpaired) electrons. The molecule has 1 aromatic heterocycles. The normalized spacial score (nSPS) is 15.2. The van der Waals surface area contributed by atoms with Crippen molar-refractivity contribution in [1.82, 2.24) is 4.98 Å². The molecule has 1 aromatic carbocycles. The van der Waals surface area contributed by atoms with Crippen molar-refractivity contribution in [2.24, 2.45) is 0 Å². The molecule has 0 N–H and O–H groups in total. The molecule has 8 heteroatoms. The second kappa shape index (κ2) is 10.3. The van der Waals surface area contributed by atoms with Crippen LogP contribution in [0.3, 0.4) is 0 Å². The Morgan fingerprint density at radius 1 is 1.16 bits per heavy atom. The van der Waals surface area contributed by atoms with E-state index in [9.17, 15) is 5.26 Å². The first-order valence-corrected chi connectivity index (χ1v) is 10.0. The average molecular weight is 454 g/mol. The van der Waals surface area contributed by atoms with Crippen LogP contribution in [0.2, 0.25) is 5.02 Å². The van der Waals surface area contributed by atoms with Gasteiger partial charge < -0.3 is 14.3 Å².